The third kappa shape index (κ3) is 5.67. The molecule has 1 N–H and O–H groups in total. The largest absolute Gasteiger partial charge is 0.494 e. The molecule has 0 spiro atoms. The Kier molecular flexibility index (Phi) is 7.21. The van der Waals surface area contributed by atoms with Crippen LogP contribution in [0.25, 0.3) is 0 Å². The first-order valence-electron chi connectivity index (χ1n) is 9.55. The smallest absolute Gasteiger partial charge is 0.387 e. The molecule has 2 aromatic carbocycles. The Hall–Kier alpha value is -2.65. The second-order valence-electron chi connectivity index (χ2n) is 6.82. The fourth-order valence-electron chi connectivity index (χ4n) is 3.51. The Morgan fingerprint density at radius 1 is 1.18 bits per heavy atom. The number of rotatable bonds is 9. The quantitative estimate of drug-likeness (QED) is 0.607. The Labute approximate surface area is 164 Å². The van der Waals surface area contributed by atoms with Gasteiger partial charge in [-0.3, -0.25) is 0 Å². The predicted octanol–water partition coefficient (Wildman–Crippen LogP) is 5.14. The molecule has 1 aliphatic carbocycles. The highest BCUT2D eigenvalue weighted by atomic mass is 19.3. The summed E-state index contributed by atoms with van der Waals surface area (Å²) in [6, 6.07) is 15.4. The molecule has 0 aliphatic heterocycles. The van der Waals surface area contributed by atoms with Gasteiger partial charge in [-0.05, 0) is 66.6 Å². The van der Waals surface area contributed by atoms with Crippen molar-refractivity contribution in [1.82, 2.24) is 5.32 Å². The maximum absolute atomic E-state index is 12.4. The lowest BCUT2D eigenvalue weighted by Gasteiger charge is -2.27. The zero-order valence-corrected chi connectivity index (χ0v) is 15.7. The first-order chi connectivity index (χ1) is 13.7. The molecular weight excluding hydrogens is 362 g/mol. The number of aryl methyl sites for hydroxylation is 1. The third-order valence-corrected chi connectivity index (χ3v) is 4.81. The van der Waals surface area contributed by atoms with Crippen molar-refractivity contribution in [1.29, 1.82) is 5.26 Å². The summed E-state index contributed by atoms with van der Waals surface area (Å²) in [6.07, 6.45) is 4.10. The molecular formula is C22H24F2N2O2. The van der Waals surface area contributed by atoms with Crippen LogP contribution in [-0.4, -0.2) is 13.2 Å². The minimum absolute atomic E-state index is 0.185. The molecule has 1 atom stereocenters. The maximum Gasteiger partial charge on any atom is 0.387 e. The number of benzene rings is 2. The number of nitriles is 1. The summed E-state index contributed by atoms with van der Waals surface area (Å²) in [6.45, 7) is -1.58. The van der Waals surface area contributed by atoms with Gasteiger partial charge in [0, 0.05) is 19.0 Å². The molecule has 0 saturated heterocycles. The highest BCUT2D eigenvalue weighted by Crippen LogP contribution is 2.33. The lowest BCUT2D eigenvalue weighted by Crippen LogP contribution is -2.25. The molecule has 2 aromatic rings. The Morgan fingerprint density at radius 2 is 2.07 bits per heavy atom. The molecule has 0 amide bonds. The van der Waals surface area contributed by atoms with E-state index in [2.05, 4.69) is 16.1 Å². The van der Waals surface area contributed by atoms with Crippen LogP contribution in [0.4, 0.5) is 8.78 Å². The van der Waals surface area contributed by atoms with Gasteiger partial charge in [-0.25, -0.2) is 0 Å². The van der Waals surface area contributed by atoms with Gasteiger partial charge in [0.15, 0.2) is 0 Å². The number of halogens is 2. The molecule has 0 saturated carbocycles. The zero-order chi connectivity index (χ0) is 19.8. The van der Waals surface area contributed by atoms with Crippen molar-refractivity contribution in [2.45, 2.75) is 51.3 Å². The van der Waals surface area contributed by atoms with Gasteiger partial charge in [-0.15, -0.1) is 0 Å². The van der Waals surface area contributed by atoms with E-state index in [1.54, 1.807) is 12.1 Å². The van der Waals surface area contributed by atoms with Crippen LogP contribution >= 0.6 is 0 Å². The van der Waals surface area contributed by atoms with Gasteiger partial charge in [0.1, 0.15) is 11.5 Å². The van der Waals surface area contributed by atoms with Crippen LogP contribution < -0.4 is 14.8 Å². The third-order valence-electron chi connectivity index (χ3n) is 4.81. The first-order valence-corrected chi connectivity index (χ1v) is 9.55. The summed E-state index contributed by atoms with van der Waals surface area (Å²) in [7, 11) is 0. The van der Waals surface area contributed by atoms with Gasteiger partial charge >= 0.3 is 6.61 Å². The van der Waals surface area contributed by atoms with Crippen LogP contribution in [0.2, 0.25) is 0 Å². The van der Waals surface area contributed by atoms with E-state index in [0.717, 1.165) is 48.1 Å². The number of fused-ring (bicyclic) bond motifs is 1. The van der Waals surface area contributed by atoms with Crippen LogP contribution in [0.3, 0.4) is 0 Å². The molecule has 0 heterocycles. The zero-order valence-electron chi connectivity index (χ0n) is 15.7. The first kappa shape index (κ1) is 20.1. The number of nitrogens with zero attached hydrogens (tertiary/aromatic N) is 1. The molecule has 3 rings (SSSR count). The highest BCUT2D eigenvalue weighted by Gasteiger charge is 2.20. The fraction of sp³-hybridized carbons (Fsp3) is 0.409. The van der Waals surface area contributed by atoms with Crippen molar-refractivity contribution in [3.8, 4) is 17.6 Å². The standard InChI is InChI=1S/C22H24F2N2O2/c23-22(24)28-19-9-10-20-17(14-19)6-4-8-21(20)26-15-16-5-3-7-18(13-16)27-12-2-1-11-25/h3,5,7,9-10,13-14,21-22,26H,1-2,4,6,8,12,15H2. The molecule has 0 bridgehead atoms. The molecule has 28 heavy (non-hydrogen) atoms. The van der Waals surface area contributed by atoms with Crippen molar-refractivity contribution >= 4 is 0 Å². The van der Waals surface area contributed by atoms with E-state index in [4.69, 9.17) is 10.00 Å². The second-order valence-corrected chi connectivity index (χ2v) is 6.82. The van der Waals surface area contributed by atoms with Crippen LogP contribution in [0.1, 0.15) is 48.4 Å². The van der Waals surface area contributed by atoms with E-state index in [-0.39, 0.29) is 11.8 Å². The second kappa shape index (κ2) is 10.0. The molecule has 1 unspecified atom stereocenters. The topological polar surface area (TPSA) is 54.3 Å². The predicted molar refractivity (Wildman–Crippen MR) is 102 cm³/mol. The fourth-order valence-corrected chi connectivity index (χ4v) is 3.51. The molecule has 0 fully saturated rings. The summed E-state index contributed by atoms with van der Waals surface area (Å²) in [5.41, 5.74) is 3.33. The minimum atomic E-state index is -2.80. The normalized spacial score (nSPS) is 15.7. The highest BCUT2D eigenvalue weighted by molar-refractivity contribution is 5.39. The summed E-state index contributed by atoms with van der Waals surface area (Å²) >= 11 is 0. The van der Waals surface area contributed by atoms with Gasteiger partial charge in [0.05, 0.1) is 12.7 Å². The lowest BCUT2D eigenvalue weighted by molar-refractivity contribution is -0.0499. The van der Waals surface area contributed by atoms with Crippen LogP contribution in [0, 0.1) is 11.3 Å². The monoisotopic (exact) mass is 386 g/mol. The van der Waals surface area contributed by atoms with Gasteiger partial charge < -0.3 is 14.8 Å². The van der Waals surface area contributed by atoms with Gasteiger partial charge in [0.25, 0.3) is 0 Å². The van der Waals surface area contributed by atoms with Gasteiger partial charge in [-0.1, -0.05) is 18.2 Å². The molecule has 1 aliphatic rings. The van der Waals surface area contributed by atoms with Crippen molar-refractivity contribution in [2.24, 2.45) is 0 Å². The van der Waals surface area contributed by atoms with E-state index in [1.807, 2.05) is 30.3 Å². The molecule has 6 heteroatoms. The Balaban J connectivity index is 1.59. The molecule has 148 valence electrons. The summed E-state index contributed by atoms with van der Waals surface area (Å²) in [5, 5.41) is 12.1. The Bertz CT molecular complexity index is 820. The van der Waals surface area contributed by atoms with E-state index < -0.39 is 6.61 Å². The summed E-state index contributed by atoms with van der Waals surface area (Å²) in [5.74, 6) is 1.02. The van der Waals surface area contributed by atoms with Gasteiger partial charge in [-0.2, -0.15) is 14.0 Å². The van der Waals surface area contributed by atoms with E-state index in [1.165, 1.54) is 0 Å². The summed E-state index contributed by atoms with van der Waals surface area (Å²) < 4.78 is 35.1. The number of hydrogen-bond acceptors (Lipinski definition) is 4. The number of hydrogen-bond donors (Lipinski definition) is 1. The van der Waals surface area contributed by atoms with Crippen LogP contribution in [0.5, 0.6) is 11.5 Å². The Morgan fingerprint density at radius 3 is 2.89 bits per heavy atom. The number of nitrogens with one attached hydrogen (secondary N) is 1. The van der Waals surface area contributed by atoms with Crippen LogP contribution in [0.15, 0.2) is 42.5 Å². The van der Waals surface area contributed by atoms with Crippen molar-refractivity contribution in [3.63, 3.8) is 0 Å². The summed E-state index contributed by atoms with van der Waals surface area (Å²) in [4.78, 5) is 0. The average Bonchev–Trinajstić information content (AvgIpc) is 2.69. The van der Waals surface area contributed by atoms with Crippen molar-refractivity contribution in [3.05, 3.63) is 59.2 Å². The molecule has 0 aromatic heterocycles. The average molecular weight is 386 g/mol. The number of ether oxygens (including phenoxy) is 2. The lowest BCUT2D eigenvalue weighted by atomic mass is 9.87. The van der Waals surface area contributed by atoms with Crippen molar-refractivity contribution in [2.75, 3.05) is 6.61 Å². The van der Waals surface area contributed by atoms with E-state index in [9.17, 15) is 8.78 Å². The van der Waals surface area contributed by atoms with Gasteiger partial charge in [0.2, 0.25) is 0 Å². The van der Waals surface area contributed by atoms with E-state index in [0.29, 0.717) is 19.6 Å². The molecule has 0 radical (unpaired) electrons. The number of alkyl halides is 2. The SMILES string of the molecule is N#CCCCOc1cccc(CNC2CCCc3cc(OC(F)F)ccc32)c1. The minimum Gasteiger partial charge on any atom is -0.494 e. The number of unbranched alkanes of at least 4 members (excludes halogenated alkanes) is 1. The van der Waals surface area contributed by atoms with E-state index >= 15 is 0 Å². The maximum atomic E-state index is 12.4. The van der Waals surface area contributed by atoms with Crippen LogP contribution in [-0.2, 0) is 13.0 Å². The molecule has 4 nitrogen and oxygen atoms in total. The van der Waals surface area contributed by atoms with Crippen molar-refractivity contribution < 1.29 is 18.3 Å².